The monoisotopic (exact) mass is 348 g/mol. The summed E-state index contributed by atoms with van der Waals surface area (Å²) in [6, 6.07) is 1.59. The largest absolute Gasteiger partial charge is 0.481 e. The number of rotatable bonds is 6. The standard InChI is InChI=1S/C12H14BrClN2O3/c1-7(2-3-10(17)18)5-16-12(19)9-4-8(13)6-15-11(9)14/h4,6-7H,2-3,5H2,1H3,(H,16,19)(H,17,18). The molecule has 2 N–H and O–H groups in total. The Morgan fingerprint density at radius 2 is 2.26 bits per heavy atom. The van der Waals surface area contributed by atoms with Gasteiger partial charge in [0.15, 0.2) is 0 Å². The number of aliphatic carboxylic acids is 1. The van der Waals surface area contributed by atoms with Gasteiger partial charge in [-0.05, 0) is 34.3 Å². The SMILES string of the molecule is CC(CCC(=O)O)CNC(=O)c1cc(Br)cnc1Cl. The van der Waals surface area contributed by atoms with Crippen LogP contribution in [0.15, 0.2) is 16.7 Å². The van der Waals surface area contributed by atoms with E-state index in [1.54, 1.807) is 6.07 Å². The number of carboxylic acid groups (broad SMARTS) is 1. The molecule has 1 aromatic rings. The molecule has 1 unspecified atom stereocenters. The molecule has 19 heavy (non-hydrogen) atoms. The fraction of sp³-hybridized carbons (Fsp3) is 0.417. The second-order valence-electron chi connectivity index (χ2n) is 4.24. The lowest BCUT2D eigenvalue weighted by atomic mass is 10.1. The molecule has 1 atom stereocenters. The Labute approximate surface area is 124 Å². The molecule has 0 saturated heterocycles. The minimum atomic E-state index is -0.836. The predicted molar refractivity (Wildman–Crippen MR) is 75.3 cm³/mol. The Bertz CT molecular complexity index is 482. The van der Waals surface area contributed by atoms with E-state index in [0.29, 0.717) is 23.0 Å². The minimum absolute atomic E-state index is 0.0823. The van der Waals surface area contributed by atoms with Gasteiger partial charge in [-0.1, -0.05) is 18.5 Å². The van der Waals surface area contributed by atoms with Gasteiger partial charge in [-0.3, -0.25) is 9.59 Å². The third kappa shape index (κ3) is 5.57. The zero-order valence-electron chi connectivity index (χ0n) is 10.3. The lowest BCUT2D eigenvalue weighted by Crippen LogP contribution is -2.29. The highest BCUT2D eigenvalue weighted by Crippen LogP contribution is 2.18. The Morgan fingerprint density at radius 3 is 2.89 bits per heavy atom. The highest BCUT2D eigenvalue weighted by molar-refractivity contribution is 9.10. The van der Waals surface area contributed by atoms with Crippen LogP contribution in [0.5, 0.6) is 0 Å². The van der Waals surface area contributed by atoms with Crippen molar-refractivity contribution in [2.45, 2.75) is 19.8 Å². The van der Waals surface area contributed by atoms with E-state index >= 15 is 0 Å². The van der Waals surface area contributed by atoms with Gasteiger partial charge < -0.3 is 10.4 Å². The van der Waals surface area contributed by atoms with Crippen molar-refractivity contribution in [1.82, 2.24) is 10.3 Å². The Kier molecular flexibility index (Phi) is 6.24. The van der Waals surface area contributed by atoms with E-state index < -0.39 is 5.97 Å². The first-order valence-corrected chi connectivity index (χ1v) is 6.88. The number of carbonyl (C=O) groups is 2. The first kappa shape index (κ1) is 15.9. The van der Waals surface area contributed by atoms with Crippen LogP contribution in [-0.4, -0.2) is 28.5 Å². The van der Waals surface area contributed by atoms with Crippen LogP contribution in [0.3, 0.4) is 0 Å². The maximum atomic E-state index is 11.9. The van der Waals surface area contributed by atoms with E-state index in [1.165, 1.54) is 6.20 Å². The summed E-state index contributed by atoms with van der Waals surface area (Å²) < 4.78 is 0.668. The quantitative estimate of drug-likeness (QED) is 0.774. The third-order valence-electron chi connectivity index (χ3n) is 2.51. The normalized spacial score (nSPS) is 11.9. The average molecular weight is 350 g/mol. The van der Waals surface area contributed by atoms with Crippen molar-refractivity contribution < 1.29 is 14.7 Å². The van der Waals surface area contributed by atoms with E-state index in [2.05, 4.69) is 26.2 Å². The molecule has 0 aliphatic heterocycles. The molecule has 0 bridgehead atoms. The first-order valence-electron chi connectivity index (χ1n) is 5.71. The molecule has 1 aromatic heterocycles. The number of nitrogens with zero attached hydrogens (tertiary/aromatic N) is 1. The van der Waals surface area contributed by atoms with Crippen LogP contribution in [0, 0.1) is 5.92 Å². The summed E-state index contributed by atoms with van der Waals surface area (Å²) in [5.41, 5.74) is 0.293. The number of aromatic nitrogens is 1. The Hall–Kier alpha value is -1.14. The molecule has 0 aliphatic carbocycles. The molecule has 1 rings (SSSR count). The number of carbonyl (C=O) groups excluding carboxylic acids is 1. The Morgan fingerprint density at radius 1 is 1.58 bits per heavy atom. The van der Waals surface area contributed by atoms with Crippen LogP contribution < -0.4 is 5.32 Å². The molecule has 5 nitrogen and oxygen atoms in total. The molecular weight excluding hydrogens is 336 g/mol. The summed E-state index contributed by atoms with van der Waals surface area (Å²) in [6.07, 6.45) is 2.12. The number of amides is 1. The number of hydrogen-bond donors (Lipinski definition) is 2. The van der Waals surface area contributed by atoms with Crippen LogP contribution >= 0.6 is 27.5 Å². The molecule has 7 heteroatoms. The maximum Gasteiger partial charge on any atom is 0.303 e. The molecule has 1 heterocycles. The van der Waals surface area contributed by atoms with Gasteiger partial charge >= 0.3 is 5.97 Å². The van der Waals surface area contributed by atoms with Crippen molar-refractivity contribution in [3.05, 3.63) is 27.5 Å². The minimum Gasteiger partial charge on any atom is -0.481 e. The summed E-state index contributed by atoms with van der Waals surface area (Å²) in [5, 5.41) is 11.4. The van der Waals surface area contributed by atoms with Crippen molar-refractivity contribution in [2.24, 2.45) is 5.92 Å². The summed E-state index contributed by atoms with van der Waals surface area (Å²) in [7, 11) is 0. The van der Waals surface area contributed by atoms with Gasteiger partial charge in [-0.25, -0.2) is 4.98 Å². The third-order valence-corrected chi connectivity index (χ3v) is 3.25. The van der Waals surface area contributed by atoms with Gasteiger partial charge in [-0.2, -0.15) is 0 Å². The van der Waals surface area contributed by atoms with E-state index in [-0.39, 0.29) is 23.4 Å². The van der Waals surface area contributed by atoms with Crippen molar-refractivity contribution in [3.8, 4) is 0 Å². The molecule has 0 aliphatic rings. The topological polar surface area (TPSA) is 79.3 Å². The fourth-order valence-electron chi connectivity index (χ4n) is 1.42. The zero-order valence-corrected chi connectivity index (χ0v) is 12.7. The van der Waals surface area contributed by atoms with E-state index in [1.807, 2.05) is 6.92 Å². The number of nitrogens with one attached hydrogen (secondary N) is 1. The summed E-state index contributed by atoms with van der Waals surface area (Å²) in [6.45, 7) is 2.28. The molecule has 0 aromatic carbocycles. The van der Waals surface area contributed by atoms with Crippen LogP contribution in [0.25, 0.3) is 0 Å². The predicted octanol–water partition coefficient (Wildman–Crippen LogP) is 2.73. The lowest BCUT2D eigenvalue weighted by Gasteiger charge is -2.12. The second-order valence-corrected chi connectivity index (χ2v) is 5.51. The van der Waals surface area contributed by atoms with Gasteiger partial charge in [0.25, 0.3) is 5.91 Å². The molecule has 104 valence electrons. The van der Waals surface area contributed by atoms with Gasteiger partial charge in [0.1, 0.15) is 5.15 Å². The van der Waals surface area contributed by atoms with E-state index in [4.69, 9.17) is 16.7 Å². The number of hydrogen-bond acceptors (Lipinski definition) is 3. The number of halogens is 2. The molecule has 0 saturated carbocycles. The lowest BCUT2D eigenvalue weighted by molar-refractivity contribution is -0.137. The van der Waals surface area contributed by atoms with Crippen LogP contribution in [0.4, 0.5) is 0 Å². The van der Waals surface area contributed by atoms with Crippen molar-refractivity contribution in [2.75, 3.05) is 6.54 Å². The average Bonchev–Trinajstić information content (AvgIpc) is 2.36. The van der Waals surface area contributed by atoms with E-state index in [0.717, 1.165) is 0 Å². The molecule has 0 spiro atoms. The molecule has 1 amide bonds. The maximum absolute atomic E-state index is 11.9. The first-order chi connectivity index (χ1) is 8.90. The molecular formula is C12H14BrClN2O3. The van der Waals surface area contributed by atoms with Gasteiger partial charge in [0.05, 0.1) is 5.56 Å². The molecule has 0 radical (unpaired) electrons. The summed E-state index contributed by atoms with van der Waals surface area (Å²) in [4.78, 5) is 26.2. The van der Waals surface area contributed by atoms with Crippen molar-refractivity contribution in [3.63, 3.8) is 0 Å². The molecule has 0 fully saturated rings. The Balaban J connectivity index is 2.51. The van der Waals surface area contributed by atoms with Crippen LogP contribution in [0.1, 0.15) is 30.1 Å². The zero-order chi connectivity index (χ0) is 14.4. The number of carboxylic acids is 1. The van der Waals surface area contributed by atoms with Crippen molar-refractivity contribution in [1.29, 1.82) is 0 Å². The summed E-state index contributed by atoms with van der Waals surface area (Å²) in [5.74, 6) is -1.07. The summed E-state index contributed by atoms with van der Waals surface area (Å²) >= 11 is 9.06. The van der Waals surface area contributed by atoms with Gasteiger partial charge in [0.2, 0.25) is 0 Å². The van der Waals surface area contributed by atoms with Crippen LogP contribution in [-0.2, 0) is 4.79 Å². The van der Waals surface area contributed by atoms with Crippen molar-refractivity contribution >= 4 is 39.4 Å². The smallest absolute Gasteiger partial charge is 0.303 e. The van der Waals surface area contributed by atoms with Gasteiger partial charge in [0, 0.05) is 23.6 Å². The number of pyridine rings is 1. The van der Waals surface area contributed by atoms with Gasteiger partial charge in [-0.15, -0.1) is 0 Å². The van der Waals surface area contributed by atoms with Crippen LogP contribution in [0.2, 0.25) is 5.15 Å². The highest BCUT2D eigenvalue weighted by Gasteiger charge is 2.13. The van der Waals surface area contributed by atoms with E-state index in [9.17, 15) is 9.59 Å². The fourth-order valence-corrected chi connectivity index (χ4v) is 1.94. The highest BCUT2D eigenvalue weighted by atomic mass is 79.9. The second kappa shape index (κ2) is 7.45.